The van der Waals surface area contributed by atoms with Gasteiger partial charge in [0.1, 0.15) is 5.75 Å². The van der Waals surface area contributed by atoms with Crippen molar-refractivity contribution in [2.45, 2.75) is 6.92 Å². The highest BCUT2D eigenvalue weighted by atomic mass is 16.6. The van der Waals surface area contributed by atoms with Crippen molar-refractivity contribution >= 4 is 17.3 Å². The quantitative estimate of drug-likeness (QED) is 0.304. The first kappa shape index (κ1) is 22.5. The van der Waals surface area contributed by atoms with Crippen molar-refractivity contribution in [2.24, 2.45) is 0 Å². The van der Waals surface area contributed by atoms with Crippen LogP contribution in [0, 0.1) is 10.1 Å². The maximum atomic E-state index is 12.5. The minimum absolute atomic E-state index is 0.0761. The second-order valence-electron chi connectivity index (χ2n) is 7.10. The zero-order valence-electron chi connectivity index (χ0n) is 18.5. The largest absolute Gasteiger partial charge is 0.497 e. The van der Waals surface area contributed by atoms with Gasteiger partial charge in [-0.1, -0.05) is 0 Å². The standard InChI is InChI=1S/C24H21N5O5/c1-3-34-24-26-22(16-6-14-21(33-2)15-7-16)28(27-24)19-12-8-18(9-13-19)25-23(30)17-4-10-20(11-5-17)29(31)32/h4-15H,3H2,1-2H3,(H,25,30). The maximum Gasteiger partial charge on any atom is 0.336 e. The number of benzene rings is 3. The second kappa shape index (κ2) is 9.82. The molecule has 172 valence electrons. The Balaban J connectivity index is 1.57. The third kappa shape index (κ3) is 4.85. The Bertz CT molecular complexity index is 1300. The highest BCUT2D eigenvalue weighted by Gasteiger charge is 2.15. The van der Waals surface area contributed by atoms with Crippen molar-refractivity contribution in [3.05, 3.63) is 88.5 Å². The molecule has 0 saturated heterocycles. The molecule has 3 aromatic carbocycles. The number of nitro groups is 1. The van der Waals surface area contributed by atoms with E-state index in [4.69, 9.17) is 9.47 Å². The minimum atomic E-state index is -0.512. The summed E-state index contributed by atoms with van der Waals surface area (Å²) in [5, 5.41) is 18.0. The van der Waals surface area contributed by atoms with Gasteiger partial charge in [-0.15, -0.1) is 5.10 Å². The fourth-order valence-corrected chi connectivity index (χ4v) is 3.21. The van der Waals surface area contributed by atoms with E-state index in [1.807, 2.05) is 31.2 Å². The molecule has 4 aromatic rings. The lowest BCUT2D eigenvalue weighted by molar-refractivity contribution is -0.384. The van der Waals surface area contributed by atoms with Crippen LogP contribution in [-0.4, -0.2) is 39.3 Å². The van der Waals surface area contributed by atoms with E-state index in [9.17, 15) is 14.9 Å². The lowest BCUT2D eigenvalue weighted by Gasteiger charge is -2.09. The van der Waals surface area contributed by atoms with Crippen LogP contribution in [0.3, 0.4) is 0 Å². The minimum Gasteiger partial charge on any atom is -0.497 e. The van der Waals surface area contributed by atoms with Gasteiger partial charge in [0.2, 0.25) is 0 Å². The Kier molecular flexibility index (Phi) is 6.49. The van der Waals surface area contributed by atoms with E-state index in [1.54, 1.807) is 36.1 Å². The molecule has 1 amide bonds. The number of aromatic nitrogens is 3. The Morgan fingerprint density at radius 2 is 1.71 bits per heavy atom. The summed E-state index contributed by atoms with van der Waals surface area (Å²) < 4.78 is 12.4. The predicted molar refractivity (Wildman–Crippen MR) is 126 cm³/mol. The fraction of sp³-hybridized carbons (Fsp3) is 0.125. The first-order valence-corrected chi connectivity index (χ1v) is 10.4. The van der Waals surface area contributed by atoms with Gasteiger partial charge in [-0.25, -0.2) is 4.68 Å². The average molecular weight is 459 g/mol. The van der Waals surface area contributed by atoms with E-state index < -0.39 is 4.92 Å². The summed E-state index contributed by atoms with van der Waals surface area (Å²) in [7, 11) is 1.60. The van der Waals surface area contributed by atoms with E-state index in [0.29, 0.717) is 23.7 Å². The Labute approximate surface area is 194 Å². The van der Waals surface area contributed by atoms with Crippen molar-refractivity contribution in [2.75, 3.05) is 19.0 Å². The molecule has 0 aliphatic heterocycles. The molecular formula is C24H21N5O5. The number of anilines is 1. The molecule has 10 heteroatoms. The summed E-state index contributed by atoms with van der Waals surface area (Å²) in [6.07, 6.45) is 0. The summed E-state index contributed by atoms with van der Waals surface area (Å²) in [4.78, 5) is 27.3. The van der Waals surface area contributed by atoms with Gasteiger partial charge in [-0.05, 0) is 67.6 Å². The third-order valence-corrected chi connectivity index (χ3v) is 4.92. The van der Waals surface area contributed by atoms with Crippen LogP contribution in [0.25, 0.3) is 17.1 Å². The number of non-ortho nitro benzene ring substituents is 1. The van der Waals surface area contributed by atoms with E-state index in [-0.39, 0.29) is 17.6 Å². The van der Waals surface area contributed by atoms with Gasteiger partial charge in [0.05, 0.1) is 24.3 Å². The number of amides is 1. The molecule has 0 aliphatic carbocycles. The summed E-state index contributed by atoms with van der Waals surface area (Å²) in [5.74, 6) is 0.947. The molecular weight excluding hydrogens is 438 g/mol. The van der Waals surface area contributed by atoms with Crippen LogP contribution in [0.1, 0.15) is 17.3 Å². The van der Waals surface area contributed by atoms with Crippen molar-refractivity contribution in [3.8, 4) is 28.8 Å². The van der Waals surface area contributed by atoms with Crippen molar-refractivity contribution in [3.63, 3.8) is 0 Å². The van der Waals surface area contributed by atoms with Crippen LogP contribution >= 0.6 is 0 Å². The molecule has 0 fully saturated rings. The SMILES string of the molecule is CCOc1nc(-c2ccc(OC)cc2)n(-c2ccc(NC(=O)c3ccc([N+](=O)[O-])cc3)cc2)n1. The molecule has 0 bridgehead atoms. The van der Waals surface area contributed by atoms with Gasteiger partial charge in [0.15, 0.2) is 5.82 Å². The lowest BCUT2D eigenvalue weighted by atomic mass is 10.2. The normalized spacial score (nSPS) is 10.5. The van der Waals surface area contributed by atoms with Crippen LogP contribution in [0.2, 0.25) is 0 Å². The summed E-state index contributed by atoms with van der Waals surface area (Å²) in [6.45, 7) is 2.29. The third-order valence-electron chi connectivity index (χ3n) is 4.92. The van der Waals surface area contributed by atoms with E-state index in [1.165, 1.54) is 24.3 Å². The van der Waals surface area contributed by atoms with Crippen molar-refractivity contribution in [1.29, 1.82) is 0 Å². The highest BCUT2D eigenvalue weighted by Crippen LogP contribution is 2.26. The number of nitro benzene ring substituents is 1. The molecule has 10 nitrogen and oxygen atoms in total. The maximum absolute atomic E-state index is 12.5. The topological polar surface area (TPSA) is 121 Å². The van der Waals surface area contributed by atoms with Gasteiger partial charge in [-0.2, -0.15) is 4.98 Å². The van der Waals surface area contributed by atoms with Crippen LogP contribution < -0.4 is 14.8 Å². The molecule has 0 atom stereocenters. The zero-order valence-corrected chi connectivity index (χ0v) is 18.5. The van der Waals surface area contributed by atoms with Gasteiger partial charge >= 0.3 is 6.01 Å². The zero-order chi connectivity index (χ0) is 24.1. The number of hydrogen-bond donors (Lipinski definition) is 1. The second-order valence-corrected chi connectivity index (χ2v) is 7.10. The Hall–Kier alpha value is -4.73. The highest BCUT2D eigenvalue weighted by molar-refractivity contribution is 6.04. The first-order chi connectivity index (χ1) is 16.5. The smallest absolute Gasteiger partial charge is 0.336 e. The molecule has 1 N–H and O–H groups in total. The first-order valence-electron chi connectivity index (χ1n) is 10.4. The number of carbonyl (C=O) groups is 1. The number of carbonyl (C=O) groups excluding carboxylic acids is 1. The predicted octanol–water partition coefficient (Wildman–Crippen LogP) is 4.50. The molecule has 0 spiro atoms. The Morgan fingerprint density at radius 3 is 2.29 bits per heavy atom. The molecule has 1 aromatic heterocycles. The average Bonchev–Trinajstić information content (AvgIpc) is 3.28. The molecule has 4 rings (SSSR count). The number of hydrogen-bond acceptors (Lipinski definition) is 7. The molecule has 1 heterocycles. The molecule has 0 aliphatic rings. The van der Waals surface area contributed by atoms with Crippen LogP contribution in [0.15, 0.2) is 72.8 Å². The van der Waals surface area contributed by atoms with E-state index >= 15 is 0 Å². The van der Waals surface area contributed by atoms with E-state index in [2.05, 4.69) is 15.4 Å². The molecule has 34 heavy (non-hydrogen) atoms. The van der Waals surface area contributed by atoms with Gasteiger partial charge < -0.3 is 14.8 Å². The van der Waals surface area contributed by atoms with Gasteiger partial charge in [0.25, 0.3) is 11.6 Å². The molecule has 0 unspecified atom stereocenters. The lowest BCUT2D eigenvalue weighted by Crippen LogP contribution is -2.12. The Morgan fingerprint density at radius 1 is 1.03 bits per heavy atom. The van der Waals surface area contributed by atoms with Crippen LogP contribution in [-0.2, 0) is 0 Å². The summed E-state index contributed by atoms with van der Waals surface area (Å²) in [6, 6.07) is 20.2. The monoisotopic (exact) mass is 459 g/mol. The summed E-state index contributed by atoms with van der Waals surface area (Å²) in [5.41, 5.74) is 2.34. The molecule has 0 saturated carbocycles. The summed E-state index contributed by atoms with van der Waals surface area (Å²) >= 11 is 0. The van der Waals surface area contributed by atoms with Crippen LogP contribution in [0.4, 0.5) is 11.4 Å². The number of rotatable bonds is 8. The number of ether oxygens (including phenoxy) is 2. The number of nitrogens with one attached hydrogen (secondary N) is 1. The van der Waals surface area contributed by atoms with Gasteiger partial charge in [0, 0.05) is 28.9 Å². The van der Waals surface area contributed by atoms with E-state index in [0.717, 1.165) is 17.0 Å². The van der Waals surface area contributed by atoms with Crippen molar-refractivity contribution < 1.29 is 19.2 Å². The fourth-order valence-electron chi connectivity index (χ4n) is 3.21. The van der Waals surface area contributed by atoms with Crippen LogP contribution in [0.5, 0.6) is 11.8 Å². The van der Waals surface area contributed by atoms with Gasteiger partial charge in [-0.3, -0.25) is 14.9 Å². The number of nitrogens with zero attached hydrogens (tertiary/aromatic N) is 4. The van der Waals surface area contributed by atoms with Crippen molar-refractivity contribution in [1.82, 2.24) is 14.8 Å². The molecule has 0 radical (unpaired) electrons. The number of methoxy groups -OCH3 is 1.